The summed E-state index contributed by atoms with van der Waals surface area (Å²) in [4.78, 5) is 0. The molecular formula is C11H20N2O5S. The minimum absolute atomic E-state index is 0.230. The number of fused-ring (bicyclic) bond motifs is 1. The Morgan fingerprint density at radius 1 is 1.42 bits per heavy atom. The molecule has 0 saturated carbocycles. The summed E-state index contributed by atoms with van der Waals surface area (Å²) in [5.41, 5.74) is 0. The van der Waals surface area contributed by atoms with Crippen LogP contribution in [-0.4, -0.2) is 65.4 Å². The van der Waals surface area contributed by atoms with Gasteiger partial charge in [-0.25, -0.2) is 0 Å². The van der Waals surface area contributed by atoms with Crippen molar-refractivity contribution in [1.29, 1.82) is 0 Å². The van der Waals surface area contributed by atoms with Crippen LogP contribution in [0.3, 0.4) is 0 Å². The lowest BCUT2D eigenvalue weighted by molar-refractivity contribution is -0.218. The van der Waals surface area contributed by atoms with E-state index in [1.54, 1.807) is 20.9 Å². The quantitative estimate of drug-likeness (QED) is 0.476. The number of hydrogen-bond acceptors (Lipinski definition) is 6. The largest absolute Gasteiger partial charge is 0.394 e. The lowest BCUT2D eigenvalue weighted by atomic mass is 10.0. The van der Waals surface area contributed by atoms with Crippen LogP contribution in [0.15, 0.2) is 0 Å². The van der Waals surface area contributed by atoms with Crippen molar-refractivity contribution in [2.45, 2.75) is 50.3 Å². The number of aliphatic hydroxyl groups is 2. The Balaban J connectivity index is 2.01. The first-order valence-corrected chi connectivity index (χ1v) is 6.57. The standard InChI is InChI=1S/C11H20N2O5S/c1-11(2)17-8-6(15)7(16-9(8)18-11)5(4-14)13-10(19)12-3/h5-9,14-15H,4H2,1-3H3,(H2,12,13,19)/t5-,6-,7+,8+,9+/m0/s1. The molecule has 0 aromatic heterocycles. The van der Waals surface area contributed by atoms with Crippen molar-refractivity contribution in [3.8, 4) is 0 Å². The van der Waals surface area contributed by atoms with E-state index in [4.69, 9.17) is 26.4 Å². The minimum atomic E-state index is -0.893. The zero-order valence-corrected chi connectivity index (χ0v) is 11.9. The van der Waals surface area contributed by atoms with Crippen molar-refractivity contribution < 1.29 is 24.4 Å². The summed E-state index contributed by atoms with van der Waals surface area (Å²) in [7, 11) is 1.67. The third-order valence-corrected chi connectivity index (χ3v) is 3.51. The average molecular weight is 292 g/mol. The topological polar surface area (TPSA) is 92.2 Å². The Bertz CT molecular complexity index is 354. The first kappa shape index (κ1) is 14.9. The second-order valence-electron chi connectivity index (χ2n) is 5.07. The highest BCUT2D eigenvalue weighted by atomic mass is 32.1. The molecule has 0 spiro atoms. The van der Waals surface area contributed by atoms with Gasteiger partial charge in [0.1, 0.15) is 18.3 Å². The van der Waals surface area contributed by atoms with Gasteiger partial charge in [-0.2, -0.15) is 0 Å². The molecule has 19 heavy (non-hydrogen) atoms. The Morgan fingerprint density at radius 2 is 2.11 bits per heavy atom. The second kappa shape index (κ2) is 5.47. The SMILES string of the molecule is CNC(=S)N[C@@H](CO)[C@H]1O[C@@H]2OC(C)(C)O[C@@H]2[C@H]1O. The van der Waals surface area contributed by atoms with Gasteiger partial charge in [0.25, 0.3) is 0 Å². The third-order valence-electron chi connectivity index (χ3n) is 3.19. The first-order valence-electron chi connectivity index (χ1n) is 6.16. The highest BCUT2D eigenvalue weighted by Gasteiger charge is 2.56. The zero-order chi connectivity index (χ0) is 14.2. The summed E-state index contributed by atoms with van der Waals surface area (Å²) in [6, 6.07) is -0.532. The zero-order valence-electron chi connectivity index (χ0n) is 11.1. The van der Waals surface area contributed by atoms with E-state index in [0.29, 0.717) is 5.11 Å². The molecule has 5 atom stereocenters. The molecule has 0 aliphatic carbocycles. The summed E-state index contributed by atoms with van der Waals surface area (Å²) in [6.45, 7) is 3.29. The van der Waals surface area contributed by atoms with Gasteiger partial charge in [-0.05, 0) is 26.1 Å². The lowest BCUT2D eigenvalue weighted by Gasteiger charge is -2.28. The molecular weight excluding hydrogens is 272 g/mol. The lowest BCUT2D eigenvalue weighted by Crippen LogP contribution is -2.53. The fraction of sp³-hybridized carbons (Fsp3) is 0.909. The number of nitrogens with one attached hydrogen (secondary N) is 2. The van der Waals surface area contributed by atoms with Gasteiger partial charge in [0.2, 0.25) is 0 Å². The van der Waals surface area contributed by atoms with Gasteiger partial charge in [-0.3, -0.25) is 0 Å². The van der Waals surface area contributed by atoms with Crippen LogP contribution in [0.5, 0.6) is 0 Å². The molecule has 0 bridgehead atoms. The van der Waals surface area contributed by atoms with E-state index in [-0.39, 0.29) is 6.61 Å². The predicted molar refractivity (Wildman–Crippen MR) is 70.4 cm³/mol. The van der Waals surface area contributed by atoms with Crippen LogP contribution in [0.25, 0.3) is 0 Å². The maximum absolute atomic E-state index is 10.2. The van der Waals surface area contributed by atoms with Gasteiger partial charge >= 0.3 is 0 Å². The molecule has 0 radical (unpaired) electrons. The average Bonchev–Trinajstić information content (AvgIpc) is 2.80. The number of hydrogen-bond donors (Lipinski definition) is 4. The number of aliphatic hydroxyl groups excluding tert-OH is 2. The van der Waals surface area contributed by atoms with Crippen LogP contribution in [0, 0.1) is 0 Å². The molecule has 8 heteroatoms. The molecule has 110 valence electrons. The van der Waals surface area contributed by atoms with E-state index in [1.165, 1.54) is 0 Å². The van der Waals surface area contributed by atoms with Gasteiger partial charge in [0, 0.05) is 7.05 Å². The van der Waals surface area contributed by atoms with Gasteiger partial charge in [0.15, 0.2) is 17.2 Å². The van der Waals surface area contributed by atoms with Crippen molar-refractivity contribution >= 4 is 17.3 Å². The van der Waals surface area contributed by atoms with E-state index in [1.807, 2.05) is 0 Å². The molecule has 2 aliphatic heterocycles. The van der Waals surface area contributed by atoms with Crippen molar-refractivity contribution in [1.82, 2.24) is 10.6 Å². The Kier molecular flexibility index (Phi) is 4.29. The Hall–Kier alpha value is -0.510. The third kappa shape index (κ3) is 2.99. The van der Waals surface area contributed by atoms with Crippen LogP contribution in [0.2, 0.25) is 0 Å². The second-order valence-corrected chi connectivity index (χ2v) is 5.48. The molecule has 7 nitrogen and oxygen atoms in total. The van der Waals surface area contributed by atoms with Crippen molar-refractivity contribution in [2.24, 2.45) is 0 Å². The van der Waals surface area contributed by atoms with Gasteiger partial charge < -0.3 is 35.1 Å². The fourth-order valence-electron chi connectivity index (χ4n) is 2.32. The molecule has 0 unspecified atom stereocenters. The van der Waals surface area contributed by atoms with Crippen molar-refractivity contribution in [3.63, 3.8) is 0 Å². The fourth-order valence-corrected chi connectivity index (χ4v) is 2.47. The first-order chi connectivity index (χ1) is 8.88. The Morgan fingerprint density at radius 3 is 2.63 bits per heavy atom. The van der Waals surface area contributed by atoms with Crippen molar-refractivity contribution in [3.05, 3.63) is 0 Å². The normalized spacial score (nSPS) is 37.7. The van der Waals surface area contributed by atoms with Gasteiger partial charge in [-0.1, -0.05) is 0 Å². The Labute approximate surface area is 117 Å². The number of thiocarbonyl (C=S) groups is 1. The number of rotatable bonds is 3. The molecule has 4 N–H and O–H groups in total. The van der Waals surface area contributed by atoms with Crippen LogP contribution >= 0.6 is 12.2 Å². The summed E-state index contributed by atoms with van der Waals surface area (Å²) >= 11 is 4.98. The van der Waals surface area contributed by atoms with Crippen LogP contribution in [-0.2, 0) is 14.2 Å². The molecule has 2 rings (SSSR count). The summed E-state index contributed by atoms with van der Waals surface area (Å²) in [6.07, 6.45) is -2.73. The van der Waals surface area contributed by atoms with E-state index >= 15 is 0 Å². The maximum atomic E-state index is 10.2. The molecule has 2 aliphatic rings. The summed E-state index contributed by atoms with van der Waals surface area (Å²) in [5.74, 6) is -0.774. The smallest absolute Gasteiger partial charge is 0.190 e. The van der Waals surface area contributed by atoms with E-state index in [9.17, 15) is 10.2 Å². The van der Waals surface area contributed by atoms with Gasteiger partial charge in [-0.15, -0.1) is 0 Å². The molecule has 0 aromatic rings. The predicted octanol–water partition coefficient (Wildman–Crippen LogP) is -1.32. The van der Waals surface area contributed by atoms with Crippen molar-refractivity contribution in [2.75, 3.05) is 13.7 Å². The molecule has 0 amide bonds. The van der Waals surface area contributed by atoms with Crippen LogP contribution < -0.4 is 10.6 Å². The van der Waals surface area contributed by atoms with Crippen LogP contribution in [0.4, 0.5) is 0 Å². The summed E-state index contributed by atoms with van der Waals surface area (Å²) < 4.78 is 16.7. The van der Waals surface area contributed by atoms with E-state index in [2.05, 4.69) is 10.6 Å². The van der Waals surface area contributed by atoms with E-state index in [0.717, 1.165) is 0 Å². The van der Waals surface area contributed by atoms with Gasteiger partial charge in [0.05, 0.1) is 12.6 Å². The van der Waals surface area contributed by atoms with E-state index < -0.39 is 36.4 Å². The molecule has 2 fully saturated rings. The molecule has 0 aromatic carbocycles. The monoisotopic (exact) mass is 292 g/mol. The highest BCUT2D eigenvalue weighted by molar-refractivity contribution is 7.80. The highest BCUT2D eigenvalue weighted by Crippen LogP contribution is 2.38. The minimum Gasteiger partial charge on any atom is -0.394 e. The molecule has 2 saturated heterocycles. The maximum Gasteiger partial charge on any atom is 0.190 e. The molecule has 2 heterocycles. The summed E-state index contributed by atoms with van der Waals surface area (Å²) in [5, 5.41) is 25.6. The number of ether oxygens (including phenoxy) is 3. The van der Waals surface area contributed by atoms with Crippen LogP contribution in [0.1, 0.15) is 13.8 Å².